The molecule has 0 radical (unpaired) electrons. The molecule has 0 spiro atoms. The van der Waals surface area contributed by atoms with Crippen LogP contribution in [0, 0.1) is 6.92 Å². The first kappa shape index (κ1) is 13.2. The number of esters is 1. The fourth-order valence-electron chi connectivity index (χ4n) is 1.31. The van der Waals surface area contributed by atoms with Gasteiger partial charge in [0.2, 0.25) is 5.91 Å². The maximum atomic E-state index is 11.5. The summed E-state index contributed by atoms with van der Waals surface area (Å²) in [5.74, 6) is -0.520. The van der Waals surface area contributed by atoms with Crippen LogP contribution in [-0.4, -0.2) is 18.5 Å². The van der Waals surface area contributed by atoms with Crippen LogP contribution in [0.3, 0.4) is 0 Å². The van der Waals surface area contributed by atoms with Crippen LogP contribution in [-0.2, 0) is 14.3 Å². The van der Waals surface area contributed by atoms with Crippen molar-refractivity contribution < 1.29 is 14.3 Å². The van der Waals surface area contributed by atoms with E-state index in [-0.39, 0.29) is 24.7 Å². The average Bonchev–Trinajstić information content (AvgIpc) is 2.30. The average molecular weight is 235 g/mol. The lowest BCUT2D eigenvalue weighted by Crippen LogP contribution is -2.14. The molecule has 0 heterocycles. The maximum Gasteiger partial charge on any atom is 0.306 e. The molecule has 1 aromatic rings. The summed E-state index contributed by atoms with van der Waals surface area (Å²) in [6.07, 6.45) is 0.262. The van der Waals surface area contributed by atoms with E-state index < -0.39 is 0 Å². The molecule has 0 saturated heterocycles. The molecular formula is C13H17NO3. The van der Waals surface area contributed by atoms with Gasteiger partial charge in [0.1, 0.15) is 0 Å². The Labute approximate surface area is 101 Å². The Balaban J connectivity index is 2.34. The lowest BCUT2D eigenvalue weighted by molar-refractivity contribution is -0.144. The van der Waals surface area contributed by atoms with Gasteiger partial charge in [0, 0.05) is 12.1 Å². The van der Waals surface area contributed by atoms with Crippen LogP contribution >= 0.6 is 0 Å². The van der Waals surface area contributed by atoms with E-state index in [2.05, 4.69) is 5.32 Å². The highest BCUT2D eigenvalue weighted by Crippen LogP contribution is 2.09. The Morgan fingerprint density at radius 1 is 1.18 bits per heavy atom. The number of hydrogen-bond donors (Lipinski definition) is 1. The van der Waals surface area contributed by atoms with E-state index in [0.29, 0.717) is 6.61 Å². The summed E-state index contributed by atoms with van der Waals surface area (Å²) >= 11 is 0. The second-order valence-electron chi connectivity index (χ2n) is 3.72. The number of aryl methyl sites for hydroxylation is 1. The number of ether oxygens (including phenoxy) is 1. The summed E-state index contributed by atoms with van der Waals surface area (Å²) in [6.45, 7) is 4.06. The van der Waals surface area contributed by atoms with Gasteiger partial charge in [-0.2, -0.15) is 0 Å². The Bertz CT molecular complexity index is 384. The molecule has 0 saturated carbocycles. The van der Waals surface area contributed by atoms with Crippen molar-refractivity contribution in [2.24, 2.45) is 0 Å². The fraction of sp³-hybridized carbons (Fsp3) is 0.385. The van der Waals surface area contributed by atoms with Gasteiger partial charge in [-0.1, -0.05) is 17.7 Å². The van der Waals surface area contributed by atoms with Crippen molar-refractivity contribution in [2.45, 2.75) is 26.7 Å². The Morgan fingerprint density at radius 3 is 2.41 bits per heavy atom. The number of carbonyl (C=O) groups excluding carboxylic acids is 2. The van der Waals surface area contributed by atoms with Crippen LogP contribution in [0.2, 0.25) is 0 Å². The third kappa shape index (κ3) is 5.15. The molecule has 0 unspecified atom stereocenters. The van der Waals surface area contributed by atoms with Gasteiger partial charge < -0.3 is 10.1 Å². The van der Waals surface area contributed by atoms with Crippen molar-refractivity contribution in [3.05, 3.63) is 29.8 Å². The molecule has 0 aliphatic carbocycles. The van der Waals surface area contributed by atoms with Crippen LogP contribution in [0.15, 0.2) is 24.3 Å². The Morgan fingerprint density at radius 2 is 1.82 bits per heavy atom. The monoisotopic (exact) mass is 235 g/mol. The first-order valence-electron chi connectivity index (χ1n) is 5.64. The zero-order valence-corrected chi connectivity index (χ0v) is 10.2. The molecule has 17 heavy (non-hydrogen) atoms. The van der Waals surface area contributed by atoms with Crippen molar-refractivity contribution in [1.82, 2.24) is 0 Å². The lowest BCUT2D eigenvalue weighted by Gasteiger charge is -2.05. The van der Waals surface area contributed by atoms with Gasteiger partial charge in [0.05, 0.1) is 13.0 Å². The summed E-state index contributed by atoms with van der Waals surface area (Å²) in [6, 6.07) is 7.50. The van der Waals surface area contributed by atoms with E-state index in [0.717, 1.165) is 11.3 Å². The van der Waals surface area contributed by atoms with Crippen LogP contribution in [0.4, 0.5) is 5.69 Å². The maximum absolute atomic E-state index is 11.5. The second-order valence-corrected chi connectivity index (χ2v) is 3.72. The molecule has 0 fully saturated rings. The molecule has 4 nitrogen and oxygen atoms in total. The number of carbonyl (C=O) groups is 2. The predicted molar refractivity (Wildman–Crippen MR) is 65.7 cm³/mol. The van der Waals surface area contributed by atoms with E-state index in [1.165, 1.54) is 0 Å². The smallest absolute Gasteiger partial charge is 0.306 e. The summed E-state index contributed by atoms with van der Waals surface area (Å²) in [5, 5.41) is 2.72. The highest BCUT2D eigenvalue weighted by Gasteiger charge is 2.07. The molecule has 0 atom stereocenters. The summed E-state index contributed by atoms with van der Waals surface area (Å²) in [4.78, 5) is 22.5. The van der Waals surface area contributed by atoms with E-state index in [9.17, 15) is 9.59 Å². The number of rotatable bonds is 5. The van der Waals surface area contributed by atoms with Crippen LogP contribution in [0.1, 0.15) is 25.3 Å². The lowest BCUT2D eigenvalue weighted by atomic mass is 10.2. The van der Waals surface area contributed by atoms with Crippen molar-refractivity contribution >= 4 is 17.6 Å². The number of benzene rings is 1. The van der Waals surface area contributed by atoms with Gasteiger partial charge >= 0.3 is 5.97 Å². The largest absolute Gasteiger partial charge is 0.466 e. The quantitative estimate of drug-likeness (QED) is 0.796. The topological polar surface area (TPSA) is 55.4 Å². The summed E-state index contributed by atoms with van der Waals surface area (Å²) in [5.41, 5.74) is 1.87. The molecule has 92 valence electrons. The highest BCUT2D eigenvalue weighted by atomic mass is 16.5. The predicted octanol–water partition coefficient (Wildman–Crippen LogP) is 2.28. The minimum Gasteiger partial charge on any atom is -0.466 e. The number of hydrogen-bond acceptors (Lipinski definition) is 3. The van der Waals surface area contributed by atoms with Gasteiger partial charge in [-0.3, -0.25) is 9.59 Å². The van der Waals surface area contributed by atoms with Crippen molar-refractivity contribution in [3.63, 3.8) is 0 Å². The zero-order valence-electron chi connectivity index (χ0n) is 10.2. The van der Waals surface area contributed by atoms with Gasteiger partial charge in [-0.15, -0.1) is 0 Å². The molecule has 1 rings (SSSR count). The highest BCUT2D eigenvalue weighted by molar-refractivity contribution is 5.92. The van der Waals surface area contributed by atoms with Gasteiger partial charge in [0.15, 0.2) is 0 Å². The van der Waals surface area contributed by atoms with Crippen LogP contribution < -0.4 is 5.32 Å². The molecule has 1 aromatic carbocycles. The first-order valence-corrected chi connectivity index (χ1v) is 5.64. The Hall–Kier alpha value is -1.84. The molecule has 4 heteroatoms. The third-order valence-corrected chi connectivity index (χ3v) is 2.20. The number of amides is 1. The van der Waals surface area contributed by atoms with E-state index in [4.69, 9.17) is 4.74 Å². The van der Waals surface area contributed by atoms with Crippen molar-refractivity contribution in [3.8, 4) is 0 Å². The molecule has 0 bridgehead atoms. The SMILES string of the molecule is CCOC(=O)CCC(=O)Nc1ccc(C)cc1. The van der Waals surface area contributed by atoms with Gasteiger partial charge in [-0.05, 0) is 26.0 Å². The zero-order chi connectivity index (χ0) is 12.7. The number of anilines is 1. The minimum absolute atomic E-state index is 0.117. The number of nitrogens with one attached hydrogen (secondary N) is 1. The standard InChI is InChI=1S/C13H17NO3/c1-3-17-13(16)9-8-12(15)14-11-6-4-10(2)5-7-11/h4-7H,3,8-9H2,1-2H3,(H,14,15). The van der Waals surface area contributed by atoms with Crippen molar-refractivity contribution in [1.29, 1.82) is 0 Å². The minimum atomic E-state index is -0.341. The molecule has 1 amide bonds. The van der Waals surface area contributed by atoms with E-state index >= 15 is 0 Å². The molecule has 0 aliphatic heterocycles. The van der Waals surface area contributed by atoms with Gasteiger partial charge in [0.25, 0.3) is 0 Å². The molecule has 0 aliphatic rings. The van der Waals surface area contributed by atoms with Gasteiger partial charge in [-0.25, -0.2) is 0 Å². The molecular weight excluding hydrogens is 218 g/mol. The van der Waals surface area contributed by atoms with E-state index in [1.807, 2.05) is 31.2 Å². The molecule has 0 aromatic heterocycles. The molecule has 1 N–H and O–H groups in total. The van der Waals surface area contributed by atoms with Crippen LogP contribution in [0.25, 0.3) is 0 Å². The van der Waals surface area contributed by atoms with E-state index in [1.54, 1.807) is 6.92 Å². The summed E-state index contributed by atoms with van der Waals surface area (Å²) in [7, 11) is 0. The Kier molecular flexibility index (Phi) is 5.20. The second kappa shape index (κ2) is 6.68. The third-order valence-electron chi connectivity index (χ3n) is 2.20. The normalized spacial score (nSPS) is 9.76. The summed E-state index contributed by atoms with van der Waals surface area (Å²) < 4.78 is 4.74. The van der Waals surface area contributed by atoms with Crippen molar-refractivity contribution in [2.75, 3.05) is 11.9 Å². The fourth-order valence-corrected chi connectivity index (χ4v) is 1.31. The first-order chi connectivity index (χ1) is 8.11. The van der Waals surface area contributed by atoms with Crippen LogP contribution in [0.5, 0.6) is 0 Å².